The number of terminal acetylenes is 1. The highest BCUT2D eigenvalue weighted by Crippen LogP contribution is 2.63. The molecule has 2 aliphatic rings. The predicted octanol–water partition coefficient (Wildman–Crippen LogP) is 19.6. The maximum atomic E-state index is 6.03. The van der Waals surface area contributed by atoms with Crippen molar-refractivity contribution in [1.29, 1.82) is 0 Å². The van der Waals surface area contributed by atoms with Crippen LogP contribution >= 0.6 is 0 Å². The number of aromatic nitrogens is 4. The summed E-state index contributed by atoms with van der Waals surface area (Å²) in [6.45, 7) is 6.34. The molecule has 1 spiro atoms. The number of hydrogen-bond acceptors (Lipinski definition) is 0. The second kappa shape index (κ2) is 18.4. The summed E-state index contributed by atoms with van der Waals surface area (Å²) < 4.78 is 7.35. The molecule has 4 nitrogen and oxygen atoms in total. The highest BCUT2D eigenvalue weighted by atomic mass is 15.0. The van der Waals surface area contributed by atoms with E-state index in [1.54, 1.807) is 0 Å². The summed E-state index contributed by atoms with van der Waals surface area (Å²) >= 11 is 0. The van der Waals surface area contributed by atoms with Gasteiger partial charge in [-0.05, 0) is 149 Å². The SMILES string of the molecule is C#C/C=C\C1=C(C)C2(c3cc(-n4c5ccccc5c5ccccc54)ccc31)c1cc(-n3c4ccccc4c4ccccc43)ccc1-c1ccc(-n3c4ccccc4c4ccccc43)cc12.CC.c1ccc2c(c1)[nH]c1ccccc12. The van der Waals surface area contributed by atoms with E-state index in [-0.39, 0.29) is 0 Å². The van der Waals surface area contributed by atoms with Crippen molar-refractivity contribution in [3.8, 4) is 40.5 Å². The molecule has 378 valence electrons. The van der Waals surface area contributed by atoms with Crippen LogP contribution in [0.3, 0.4) is 0 Å². The zero-order chi connectivity index (χ0) is 53.6. The number of rotatable bonds is 4. The molecular formula is C76H54N4. The zero-order valence-corrected chi connectivity index (χ0v) is 44.7. The Bertz CT molecular complexity index is 4760. The smallest absolute Gasteiger partial charge is 0.0688 e. The Morgan fingerprint density at radius 2 is 0.650 bits per heavy atom. The van der Waals surface area contributed by atoms with Crippen molar-refractivity contribution in [2.45, 2.75) is 26.2 Å². The molecule has 0 saturated carbocycles. The summed E-state index contributed by atoms with van der Waals surface area (Å²) in [4.78, 5) is 3.38. The number of benzene rings is 11. The summed E-state index contributed by atoms with van der Waals surface area (Å²) in [6, 6.07) is 91.0. The molecule has 15 aromatic rings. The van der Waals surface area contributed by atoms with Gasteiger partial charge in [-0.2, -0.15) is 0 Å². The van der Waals surface area contributed by atoms with E-state index < -0.39 is 5.41 Å². The molecule has 80 heavy (non-hydrogen) atoms. The minimum absolute atomic E-state index is 0.660. The minimum atomic E-state index is -0.660. The second-order valence-corrected chi connectivity index (χ2v) is 20.8. The van der Waals surface area contributed by atoms with Crippen molar-refractivity contribution >= 4 is 92.8 Å². The Morgan fingerprint density at radius 1 is 0.362 bits per heavy atom. The van der Waals surface area contributed by atoms with Gasteiger partial charge in [-0.25, -0.2) is 0 Å². The van der Waals surface area contributed by atoms with Gasteiger partial charge in [-0.3, -0.25) is 0 Å². The van der Waals surface area contributed by atoms with Gasteiger partial charge in [-0.1, -0.05) is 184 Å². The van der Waals surface area contributed by atoms with Crippen LogP contribution < -0.4 is 0 Å². The van der Waals surface area contributed by atoms with Crippen LogP contribution in [0.25, 0.3) is 121 Å². The lowest BCUT2D eigenvalue weighted by Gasteiger charge is -2.32. The molecule has 0 amide bonds. The third-order valence-electron chi connectivity index (χ3n) is 17.0. The van der Waals surface area contributed by atoms with E-state index in [2.05, 4.69) is 286 Å². The lowest BCUT2D eigenvalue weighted by Crippen LogP contribution is -2.27. The van der Waals surface area contributed by atoms with Gasteiger partial charge < -0.3 is 18.7 Å². The van der Waals surface area contributed by atoms with Crippen molar-refractivity contribution in [2.24, 2.45) is 0 Å². The molecule has 0 radical (unpaired) electrons. The van der Waals surface area contributed by atoms with Gasteiger partial charge in [0.05, 0.1) is 38.5 Å². The first kappa shape index (κ1) is 46.9. The van der Waals surface area contributed by atoms with Gasteiger partial charge in [-0.15, -0.1) is 6.42 Å². The molecule has 0 unspecified atom stereocenters. The van der Waals surface area contributed by atoms with Crippen molar-refractivity contribution < 1.29 is 0 Å². The number of nitrogens with zero attached hydrogens (tertiary/aromatic N) is 3. The van der Waals surface area contributed by atoms with Gasteiger partial charge in [0.1, 0.15) is 0 Å². The van der Waals surface area contributed by atoms with Crippen LogP contribution in [0.15, 0.2) is 266 Å². The Morgan fingerprint density at radius 3 is 0.988 bits per heavy atom. The zero-order valence-electron chi connectivity index (χ0n) is 44.7. The molecule has 0 bridgehead atoms. The lowest BCUT2D eigenvalue weighted by molar-refractivity contribution is 0.763. The molecule has 0 aliphatic heterocycles. The van der Waals surface area contributed by atoms with Crippen molar-refractivity contribution in [2.75, 3.05) is 0 Å². The van der Waals surface area contributed by atoms with Gasteiger partial charge in [0, 0.05) is 71.2 Å². The van der Waals surface area contributed by atoms with E-state index >= 15 is 0 Å². The van der Waals surface area contributed by atoms with Crippen LogP contribution in [0.2, 0.25) is 0 Å². The fraction of sp³-hybridized carbons (Fsp3) is 0.0526. The average molecular weight is 1020 g/mol. The maximum Gasteiger partial charge on any atom is 0.0688 e. The van der Waals surface area contributed by atoms with Crippen molar-refractivity contribution in [3.05, 3.63) is 289 Å². The molecule has 2 aliphatic carbocycles. The normalized spacial score (nSPS) is 13.2. The summed E-state index contributed by atoms with van der Waals surface area (Å²) in [6.07, 6.45) is 10.1. The number of nitrogens with one attached hydrogen (secondary N) is 1. The van der Waals surface area contributed by atoms with Crippen molar-refractivity contribution in [3.63, 3.8) is 0 Å². The van der Waals surface area contributed by atoms with E-state index in [1.165, 1.54) is 126 Å². The standard InChI is InChI=1S/C62H39N3.C12H9N.C2H6/c1-3-4-17-43-39(2)62(53-36-40(30-33-44(43)53)63-56-24-11-5-18-47(56)48-19-6-12-25-57(48)63)54-37-41(64-58-26-13-7-20-49(58)50-21-8-14-27-59(50)64)31-34-45(54)46-35-32-42(38-55(46)62)65-60-28-15-9-22-51(60)52-23-10-16-29-61(52)65;1-3-7-11-9(5-1)10-6-2-4-8-12(10)13-11;1-2/h1,4-38H,2H3;1-8,13H;1-2H3/b17-4-;;. The van der Waals surface area contributed by atoms with Crippen LogP contribution in [0, 0.1) is 12.3 Å². The Hall–Kier alpha value is -10.3. The second-order valence-electron chi connectivity index (χ2n) is 20.8. The third-order valence-corrected chi connectivity index (χ3v) is 17.0. The molecule has 1 N–H and O–H groups in total. The summed E-state index contributed by atoms with van der Waals surface area (Å²) in [7, 11) is 0. The number of hydrogen-bond donors (Lipinski definition) is 1. The lowest BCUT2D eigenvalue weighted by atomic mass is 9.70. The number of H-pyrrole nitrogens is 1. The van der Waals surface area contributed by atoms with Crippen LogP contribution in [-0.4, -0.2) is 18.7 Å². The summed E-state index contributed by atoms with van der Waals surface area (Å²) in [5, 5.41) is 10.1. The topological polar surface area (TPSA) is 30.6 Å². The summed E-state index contributed by atoms with van der Waals surface area (Å²) in [5.41, 5.74) is 22.2. The number of allylic oxidation sites excluding steroid dienone is 4. The van der Waals surface area contributed by atoms with Gasteiger partial charge in [0.25, 0.3) is 0 Å². The quantitative estimate of drug-likeness (QED) is 0.170. The van der Waals surface area contributed by atoms with Gasteiger partial charge >= 0.3 is 0 Å². The number of aromatic amines is 1. The molecular weight excluding hydrogens is 969 g/mol. The molecule has 4 heteroatoms. The highest BCUT2D eigenvalue weighted by Gasteiger charge is 2.52. The average Bonchev–Trinajstić information content (AvgIpc) is 3.58. The van der Waals surface area contributed by atoms with E-state index in [1.807, 2.05) is 19.9 Å². The van der Waals surface area contributed by atoms with E-state index in [9.17, 15) is 0 Å². The largest absolute Gasteiger partial charge is 0.355 e. The van der Waals surface area contributed by atoms with E-state index in [4.69, 9.17) is 6.42 Å². The molecule has 17 rings (SSSR count). The van der Waals surface area contributed by atoms with Crippen LogP contribution in [-0.2, 0) is 5.41 Å². The van der Waals surface area contributed by atoms with Crippen LogP contribution in [0.5, 0.6) is 0 Å². The Balaban J connectivity index is 0.000000319. The van der Waals surface area contributed by atoms with E-state index in [0.717, 1.165) is 22.6 Å². The first-order valence-electron chi connectivity index (χ1n) is 27.8. The fourth-order valence-electron chi connectivity index (χ4n) is 13.8. The number of para-hydroxylation sites is 8. The monoisotopic (exact) mass is 1020 g/mol. The molecule has 0 atom stereocenters. The Labute approximate surface area is 464 Å². The number of fused-ring (bicyclic) bond motifs is 19. The summed E-state index contributed by atoms with van der Waals surface area (Å²) in [5.74, 6) is 2.84. The molecule has 0 fully saturated rings. The fourth-order valence-corrected chi connectivity index (χ4v) is 13.8. The highest BCUT2D eigenvalue weighted by molar-refractivity contribution is 6.12. The minimum Gasteiger partial charge on any atom is -0.355 e. The van der Waals surface area contributed by atoms with Gasteiger partial charge in [0.15, 0.2) is 0 Å². The van der Waals surface area contributed by atoms with Crippen molar-refractivity contribution in [1.82, 2.24) is 18.7 Å². The van der Waals surface area contributed by atoms with Crippen LogP contribution in [0.1, 0.15) is 43.0 Å². The third kappa shape index (κ3) is 6.65. The van der Waals surface area contributed by atoms with Gasteiger partial charge in [0.2, 0.25) is 0 Å². The van der Waals surface area contributed by atoms with Crippen LogP contribution in [0.4, 0.5) is 0 Å². The molecule has 4 aromatic heterocycles. The molecule has 0 saturated heterocycles. The first-order valence-corrected chi connectivity index (χ1v) is 27.8. The maximum absolute atomic E-state index is 6.03. The van der Waals surface area contributed by atoms with E-state index in [0.29, 0.717) is 0 Å². The molecule has 11 aromatic carbocycles. The Kier molecular flexibility index (Phi) is 10.8. The molecule has 4 heterocycles. The first-order chi connectivity index (χ1) is 39.6. The predicted molar refractivity (Wildman–Crippen MR) is 339 cm³/mol.